The average molecular weight is 333 g/mol. The van der Waals surface area contributed by atoms with E-state index in [0.717, 1.165) is 19.3 Å². The SMILES string of the molecule is CCCCCC(NC(=O)c1cnn(-c2ccccc2F)c1)C(=O)O. The first-order chi connectivity index (χ1) is 11.5. The van der Waals surface area contributed by atoms with E-state index in [1.54, 1.807) is 12.1 Å². The molecule has 0 radical (unpaired) electrons. The molecule has 2 aromatic rings. The number of hydrogen-bond acceptors (Lipinski definition) is 3. The summed E-state index contributed by atoms with van der Waals surface area (Å²) in [6.45, 7) is 2.02. The number of nitrogens with one attached hydrogen (secondary N) is 1. The highest BCUT2D eigenvalue weighted by Gasteiger charge is 2.21. The predicted molar refractivity (Wildman–Crippen MR) is 86.6 cm³/mol. The molecule has 7 heteroatoms. The highest BCUT2D eigenvalue weighted by Crippen LogP contribution is 2.13. The van der Waals surface area contributed by atoms with Crippen LogP contribution in [-0.2, 0) is 4.79 Å². The number of hydrogen-bond donors (Lipinski definition) is 2. The minimum absolute atomic E-state index is 0.181. The van der Waals surface area contributed by atoms with Gasteiger partial charge in [0.1, 0.15) is 17.5 Å². The van der Waals surface area contributed by atoms with Crippen LogP contribution >= 0.6 is 0 Å². The number of rotatable bonds is 8. The summed E-state index contributed by atoms with van der Waals surface area (Å²) in [5, 5.41) is 15.7. The first-order valence-electron chi connectivity index (χ1n) is 7.86. The van der Waals surface area contributed by atoms with E-state index in [0.29, 0.717) is 6.42 Å². The molecule has 0 aliphatic rings. The predicted octanol–water partition coefficient (Wildman–Crippen LogP) is 2.77. The number of carbonyl (C=O) groups is 2. The second-order valence-corrected chi connectivity index (χ2v) is 5.49. The molecule has 128 valence electrons. The molecule has 1 heterocycles. The maximum atomic E-state index is 13.7. The minimum atomic E-state index is -1.07. The Morgan fingerprint density at radius 2 is 2.08 bits per heavy atom. The van der Waals surface area contributed by atoms with E-state index in [1.165, 1.54) is 29.2 Å². The monoisotopic (exact) mass is 333 g/mol. The van der Waals surface area contributed by atoms with Gasteiger partial charge in [-0.15, -0.1) is 0 Å². The smallest absolute Gasteiger partial charge is 0.326 e. The van der Waals surface area contributed by atoms with Crippen LogP contribution in [0.2, 0.25) is 0 Å². The van der Waals surface area contributed by atoms with E-state index >= 15 is 0 Å². The summed E-state index contributed by atoms with van der Waals surface area (Å²) in [6.07, 6.45) is 5.63. The van der Waals surface area contributed by atoms with Gasteiger partial charge in [0, 0.05) is 6.20 Å². The summed E-state index contributed by atoms with van der Waals surface area (Å²) in [6, 6.07) is 5.11. The maximum Gasteiger partial charge on any atom is 0.326 e. The molecule has 2 N–H and O–H groups in total. The Morgan fingerprint density at radius 3 is 2.75 bits per heavy atom. The standard InChI is InChI=1S/C17H20FN3O3/c1-2-3-4-8-14(17(23)24)20-16(22)12-10-19-21(11-12)15-9-6-5-7-13(15)18/h5-7,9-11,14H,2-4,8H2,1H3,(H,20,22)(H,23,24). The Bertz CT molecular complexity index is 715. The number of amides is 1. The van der Waals surface area contributed by atoms with Crippen LogP contribution in [-0.4, -0.2) is 32.8 Å². The van der Waals surface area contributed by atoms with Crippen molar-refractivity contribution in [3.63, 3.8) is 0 Å². The van der Waals surface area contributed by atoms with Crippen molar-refractivity contribution < 1.29 is 19.1 Å². The number of carboxylic acids is 1. The third-order valence-corrected chi connectivity index (χ3v) is 3.64. The molecular formula is C17H20FN3O3. The number of benzene rings is 1. The van der Waals surface area contributed by atoms with Crippen LogP contribution in [0.25, 0.3) is 5.69 Å². The van der Waals surface area contributed by atoms with Crippen molar-refractivity contribution in [3.8, 4) is 5.69 Å². The third-order valence-electron chi connectivity index (χ3n) is 3.64. The van der Waals surface area contributed by atoms with E-state index in [4.69, 9.17) is 0 Å². The van der Waals surface area contributed by atoms with Crippen molar-refractivity contribution in [3.05, 3.63) is 48.0 Å². The van der Waals surface area contributed by atoms with Crippen LogP contribution in [0.15, 0.2) is 36.7 Å². The second kappa shape index (κ2) is 8.24. The van der Waals surface area contributed by atoms with Crippen molar-refractivity contribution >= 4 is 11.9 Å². The number of nitrogens with zero attached hydrogens (tertiary/aromatic N) is 2. The Morgan fingerprint density at radius 1 is 1.33 bits per heavy atom. The molecule has 1 amide bonds. The van der Waals surface area contributed by atoms with Crippen LogP contribution in [0.3, 0.4) is 0 Å². The third kappa shape index (κ3) is 4.41. The average Bonchev–Trinajstić information content (AvgIpc) is 3.04. The van der Waals surface area contributed by atoms with Gasteiger partial charge >= 0.3 is 5.97 Å². The maximum absolute atomic E-state index is 13.7. The summed E-state index contributed by atoms with van der Waals surface area (Å²) < 4.78 is 15.0. The fourth-order valence-electron chi connectivity index (χ4n) is 2.31. The Balaban J connectivity index is 2.07. The van der Waals surface area contributed by atoms with Crippen molar-refractivity contribution in [1.29, 1.82) is 0 Å². The molecule has 0 saturated carbocycles. The molecule has 24 heavy (non-hydrogen) atoms. The normalized spacial score (nSPS) is 11.9. The van der Waals surface area contributed by atoms with Gasteiger partial charge in [0.05, 0.1) is 11.8 Å². The van der Waals surface area contributed by atoms with Crippen LogP contribution < -0.4 is 5.32 Å². The van der Waals surface area contributed by atoms with Gasteiger partial charge in [-0.2, -0.15) is 5.10 Å². The Labute approximate surface area is 139 Å². The number of aromatic nitrogens is 2. The molecular weight excluding hydrogens is 313 g/mol. The molecule has 6 nitrogen and oxygen atoms in total. The van der Waals surface area contributed by atoms with Crippen LogP contribution in [0.4, 0.5) is 4.39 Å². The van der Waals surface area contributed by atoms with Gasteiger partial charge < -0.3 is 10.4 Å². The van der Waals surface area contributed by atoms with E-state index < -0.39 is 23.7 Å². The minimum Gasteiger partial charge on any atom is -0.480 e. The van der Waals surface area contributed by atoms with Crippen molar-refractivity contribution in [2.24, 2.45) is 0 Å². The molecule has 0 aliphatic heterocycles. The largest absolute Gasteiger partial charge is 0.480 e. The molecule has 2 rings (SSSR count). The second-order valence-electron chi connectivity index (χ2n) is 5.49. The zero-order chi connectivity index (χ0) is 17.5. The van der Waals surface area contributed by atoms with Crippen LogP contribution in [0.5, 0.6) is 0 Å². The Hall–Kier alpha value is -2.70. The topological polar surface area (TPSA) is 84.2 Å². The number of carboxylic acid groups (broad SMARTS) is 1. The molecule has 0 saturated heterocycles. The van der Waals surface area contributed by atoms with E-state index in [9.17, 15) is 19.1 Å². The van der Waals surface area contributed by atoms with Crippen LogP contribution in [0, 0.1) is 5.82 Å². The van der Waals surface area contributed by atoms with Crippen molar-refractivity contribution in [2.75, 3.05) is 0 Å². The van der Waals surface area contributed by atoms with Gasteiger partial charge in [0.25, 0.3) is 5.91 Å². The van der Waals surface area contributed by atoms with Gasteiger partial charge in [-0.3, -0.25) is 4.79 Å². The number of aliphatic carboxylic acids is 1. The lowest BCUT2D eigenvalue weighted by atomic mass is 10.1. The van der Waals surface area contributed by atoms with Crippen molar-refractivity contribution in [1.82, 2.24) is 15.1 Å². The first kappa shape index (κ1) is 17.7. The lowest BCUT2D eigenvalue weighted by molar-refractivity contribution is -0.139. The summed E-state index contributed by atoms with van der Waals surface area (Å²) in [7, 11) is 0. The summed E-state index contributed by atoms with van der Waals surface area (Å²) in [4.78, 5) is 23.4. The zero-order valence-corrected chi connectivity index (χ0v) is 13.4. The summed E-state index contributed by atoms with van der Waals surface area (Å²) in [5.41, 5.74) is 0.397. The molecule has 0 fully saturated rings. The van der Waals surface area contributed by atoms with Gasteiger partial charge in [0.15, 0.2) is 0 Å². The molecule has 0 aliphatic carbocycles. The highest BCUT2D eigenvalue weighted by molar-refractivity contribution is 5.96. The molecule has 0 spiro atoms. The van der Waals surface area contributed by atoms with E-state index in [-0.39, 0.29) is 11.3 Å². The van der Waals surface area contributed by atoms with Gasteiger partial charge in [-0.1, -0.05) is 38.3 Å². The van der Waals surface area contributed by atoms with Gasteiger partial charge in [0.2, 0.25) is 0 Å². The fraction of sp³-hybridized carbons (Fsp3) is 0.353. The lowest BCUT2D eigenvalue weighted by Gasteiger charge is -2.13. The molecule has 0 bridgehead atoms. The highest BCUT2D eigenvalue weighted by atomic mass is 19.1. The Kier molecular flexibility index (Phi) is 6.06. The number of para-hydroxylation sites is 1. The molecule has 1 atom stereocenters. The van der Waals surface area contributed by atoms with Gasteiger partial charge in [-0.25, -0.2) is 13.9 Å². The van der Waals surface area contributed by atoms with Gasteiger partial charge in [-0.05, 0) is 18.6 Å². The number of carbonyl (C=O) groups excluding carboxylic acids is 1. The summed E-state index contributed by atoms with van der Waals surface area (Å²) >= 11 is 0. The fourth-order valence-corrected chi connectivity index (χ4v) is 2.31. The van der Waals surface area contributed by atoms with E-state index in [2.05, 4.69) is 10.4 Å². The van der Waals surface area contributed by atoms with E-state index in [1.807, 2.05) is 6.92 Å². The molecule has 1 aromatic carbocycles. The molecule has 1 unspecified atom stereocenters. The first-order valence-corrected chi connectivity index (χ1v) is 7.86. The molecule has 1 aromatic heterocycles. The van der Waals surface area contributed by atoms with Crippen LogP contribution in [0.1, 0.15) is 43.0 Å². The zero-order valence-electron chi connectivity index (χ0n) is 13.4. The number of halogens is 1. The summed E-state index contributed by atoms with van der Waals surface area (Å²) in [5.74, 6) is -2.07. The quantitative estimate of drug-likeness (QED) is 0.728. The van der Waals surface area contributed by atoms with Crippen molar-refractivity contribution in [2.45, 2.75) is 38.6 Å². The number of unbranched alkanes of at least 4 members (excludes halogenated alkanes) is 2. The lowest BCUT2D eigenvalue weighted by Crippen LogP contribution is -2.40.